The highest BCUT2D eigenvalue weighted by molar-refractivity contribution is 5.81. The van der Waals surface area contributed by atoms with Gasteiger partial charge in [0, 0.05) is 5.56 Å². The quantitative estimate of drug-likeness (QED) is 0.882. The number of hydrogen-bond donors (Lipinski definition) is 2. The first-order valence-corrected chi connectivity index (χ1v) is 7.02. The van der Waals surface area contributed by atoms with Crippen LogP contribution in [-0.4, -0.2) is 29.8 Å². The second kappa shape index (κ2) is 5.58. The van der Waals surface area contributed by atoms with Gasteiger partial charge in [-0.15, -0.1) is 0 Å². The van der Waals surface area contributed by atoms with Crippen molar-refractivity contribution < 1.29 is 19.1 Å². The molecule has 0 bridgehead atoms. The zero-order valence-corrected chi connectivity index (χ0v) is 12.5. The number of amides is 1. The van der Waals surface area contributed by atoms with Gasteiger partial charge in [0.15, 0.2) is 0 Å². The molecule has 0 spiro atoms. The molecule has 2 heterocycles. The van der Waals surface area contributed by atoms with Gasteiger partial charge in [0.25, 0.3) is 0 Å². The first-order valence-electron chi connectivity index (χ1n) is 7.02. The molecule has 112 valence electrons. The summed E-state index contributed by atoms with van der Waals surface area (Å²) in [6.07, 6.45) is 1.37. The summed E-state index contributed by atoms with van der Waals surface area (Å²) in [7, 11) is 0. The van der Waals surface area contributed by atoms with E-state index in [1.165, 1.54) is 0 Å². The Morgan fingerprint density at radius 3 is 2.70 bits per heavy atom. The predicted molar refractivity (Wildman–Crippen MR) is 74.3 cm³/mol. The smallest absolute Gasteiger partial charge is 0.249 e. The molecule has 2 N–H and O–H groups in total. The number of carbonyl (C=O) groups is 1. The molecule has 1 saturated heterocycles. The van der Waals surface area contributed by atoms with Crippen molar-refractivity contribution in [1.29, 1.82) is 0 Å². The van der Waals surface area contributed by atoms with Gasteiger partial charge in [0.1, 0.15) is 23.2 Å². The van der Waals surface area contributed by atoms with Crippen LogP contribution in [0.1, 0.15) is 43.8 Å². The zero-order valence-electron chi connectivity index (χ0n) is 12.5. The number of furan rings is 1. The number of ether oxygens (including phenoxy) is 1. The number of nitrogens with one attached hydrogen (secondary N) is 1. The molecule has 1 aromatic heterocycles. The van der Waals surface area contributed by atoms with Crippen LogP contribution in [0.15, 0.2) is 10.5 Å². The largest absolute Gasteiger partial charge is 0.466 e. The van der Waals surface area contributed by atoms with Crippen LogP contribution in [0.5, 0.6) is 0 Å². The zero-order chi connectivity index (χ0) is 14.9. The standard InChI is InChI=1S/C15H23NO4/c1-9-5-6-13(20-9)14(17)16-8-15(4,18)12-7-10(2)19-11(12)3/h7,9,13,18H,5-6,8H2,1-4H3,(H,16,17). The fourth-order valence-electron chi connectivity index (χ4n) is 2.63. The maximum absolute atomic E-state index is 12.0. The Morgan fingerprint density at radius 1 is 1.50 bits per heavy atom. The molecule has 5 heteroatoms. The molecule has 20 heavy (non-hydrogen) atoms. The highest BCUT2D eigenvalue weighted by Crippen LogP contribution is 2.26. The number of hydrogen-bond acceptors (Lipinski definition) is 4. The summed E-state index contributed by atoms with van der Waals surface area (Å²) in [5.74, 6) is 1.26. The van der Waals surface area contributed by atoms with E-state index in [1.807, 2.05) is 13.8 Å². The van der Waals surface area contributed by atoms with E-state index in [-0.39, 0.29) is 18.6 Å². The SMILES string of the molecule is Cc1cc(C(C)(O)CNC(=O)C2CCC(C)O2)c(C)o1. The summed E-state index contributed by atoms with van der Waals surface area (Å²) in [6.45, 7) is 7.41. The molecule has 2 rings (SSSR count). The lowest BCUT2D eigenvalue weighted by Crippen LogP contribution is -2.43. The lowest BCUT2D eigenvalue weighted by atomic mass is 9.96. The Labute approximate surface area is 119 Å². The Kier molecular flexibility index (Phi) is 4.20. The molecule has 5 nitrogen and oxygen atoms in total. The normalized spacial score (nSPS) is 25.4. The van der Waals surface area contributed by atoms with E-state index in [4.69, 9.17) is 9.15 Å². The summed E-state index contributed by atoms with van der Waals surface area (Å²) in [5.41, 5.74) is -0.446. The van der Waals surface area contributed by atoms with Gasteiger partial charge in [-0.05, 0) is 46.6 Å². The maximum atomic E-state index is 12.0. The number of carbonyl (C=O) groups excluding carboxylic acids is 1. The summed E-state index contributed by atoms with van der Waals surface area (Å²) in [6, 6.07) is 1.80. The number of aryl methyl sites for hydroxylation is 2. The van der Waals surface area contributed by atoms with Crippen molar-refractivity contribution in [2.24, 2.45) is 0 Å². The molecule has 0 aromatic carbocycles. The topological polar surface area (TPSA) is 71.7 Å². The van der Waals surface area contributed by atoms with Crippen LogP contribution in [0.4, 0.5) is 0 Å². The van der Waals surface area contributed by atoms with E-state index in [0.29, 0.717) is 11.3 Å². The van der Waals surface area contributed by atoms with Crippen LogP contribution in [0.25, 0.3) is 0 Å². The Hall–Kier alpha value is -1.33. The highest BCUT2D eigenvalue weighted by Gasteiger charge is 2.32. The van der Waals surface area contributed by atoms with E-state index in [9.17, 15) is 9.90 Å². The van der Waals surface area contributed by atoms with Crippen molar-refractivity contribution in [3.05, 3.63) is 23.2 Å². The monoisotopic (exact) mass is 281 g/mol. The minimum Gasteiger partial charge on any atom is -0.466 e. The van der Waals surface area contributed by atoms with Gasteiger partial charge in [0.05, 0.1) is 12.6 Å². The van der Waals surface area contributed by atoms with E-state index >= 15 is 0 Å². The summed E-state index contributed by atoms with van der Waals surface area (Å²) in [5, 5.41) is 13.3. The maximum Gasteiger partial charge on any atom is 0.249 e. The third-order valence-electron chi connectivity index (χ3n) is 3.75. The molecule has 1 fully saturated rings. The predicted octanol–water partition coefficient (Wildman–Crippen LogP) is 1.79. The summed E-state index contributed by atoms with van der Waals surface area (Å²) >= 11 is 0. The second-order valence-corrected chi connectivity index (χ2v) is 5.83. The summed E-state index contributed by atoms with van der Waals surface area (Å²) < 4.78 is 10.9. The van der Waals surface area contributed by atoms with Gasteiger partial charge in [-0.25, -0.2) is 0 Å². The molecule has 3 atom stereocenters. The van der Waals surface area contributed by atoms with Gasteiger partial charge in [-0.3, -0.25) is 4.79 Å². The molecule has 0 aliphatic carbocycles. The molecule has 1 aliphatic rings. The minimum absolute atomic E-state index is 0.130. The van der Waals surface area contributed by atoms with Crippen LogP contribution in [0.2, 0.25) is 0 Å². The van der Waals surface area contributed by atoms with E-state index in [0.717, 1.165) is 18.6 Å². The highest BCUT2D eigenvalue weighted by atomic mass is 16.5. The Balaban J connectivity index is 1.95. The van der Waals surface area contributed by atoms with Crippen molar-refractivity contribution in [2.75, 3.05) is 6.54 Å². The third-order valence-corrected chi connectivity index (χ3v) is 3.75. The van der Waals surface area contributed by atoms with E-state index in [2.05, 4.69) is 5.32 Å². The van der Waals surface area contributed by atoms with Crippen LogP contribution in [-0.2, 0) is 15.1 Å². The molecular formula is C15H23NO4. The van der Waals surface area contributed by atoms with Crippen LogP contribution in [0, 0.1) is 13.8 Å². The second-order valence-electron chi connectivity index (χ2n) is 5.83. The summed E-state index contributed by atoms with van der Waals surface area (Å²) in [4.78, 5) is 12.0. The van der Waals surface area contributed by atoms with Crippen molar-refractivity contribution in [1.82, 2.24) is 5.32 Å². The van der Waals surface area contributed by atoms with Crippen molar-refractivity contribution >= 4 is 5.91 Å². The lowest BCUT2D eigenvalue weighted by Gasteiger charge is -2.24. The van der Waals surface area contributed by atoms with Gasteiger partial charge >= 0.3 is 0 Å². The molecule has 1 amide bonds. The van der Waals surface area contributed by atoms with Crippen molar-refractivity contribution in [3.63, 3.8) is 0 Å². The van der Waals surface area contributed by atoms with Crippen LogP contribution in [0.3, 0.4) is 0 Å². The van der Waals surface area contributed by atoms with Crippen molar-refractivity contribution in [3.8, 4) is 0 Å². The Bertz CT molecular complexity index is 492. The average molecular weight is 281 g/mol. The molecule has 1 aliphatic heterocycles. The van der Waals surface area contributed by atoms with Crippen LogP contribution >= 0.6 is 0 Å². The fourth-order valence-corrected chi connectivity index (χ4v) is 2.63. The molecule has 0 saturated carbocycles. The first kappa shape index (κ1) is 15.1. The van der Waals surface area contributed by atoms with Crippen LogP contribution < -0.4 is 5.32 Å². The van der Waals surface area contributed by atoms with E-state index < -0.39 is 11.7 Å². The fraction of sp³-hybridized carbons (Fsp3) is 0.667. The van der Waals surface area contributed by atoms with E-state index in [1.54, 1.807) is 19.9 Å². The number of rotatable bonds is 4. The minimum atomic E-state index is -1.15. The Morgan fingerprint density at radius 2 is 2.20 bits per heavy atom. The lowest BCUT2D eigenvalue weighted by molar-refractivity contribution is -0.132. The average Bonchev–Trinajstić information content (AvgIpc) is 2.93. The van der Waals surface area contributed by atoms with Gasteiger partial charge in [-0.1, -0.05) is 0 Å². The van der Waals surface area contributed by atoms with Gasteiger partial charge in [-0.2, -0.15) is 0 Å². The van der Waals surface area contributed by atoms with Gasteiger partial charge < -0.3 is 19.6 Å². The first-order chi connectivity index (χ1) is 9.29. The molecule has 3 unspecified atom stereocenters. The number of aliphatic hydroxyl groups is 1. The molecule has 0 radical (unpaired) electrons. The van der Waals surface area contributed by atoms with Crippen molar-refractivity contribution in [2.45, 2.75) is 58.3 Å². The third kappa shape index (κ3) is 3.22. The molecule has 1 aromatic rings. The molecular weight excluding hydrogens is 258 g/mol. The van der Waals surface area contributed by atoms with Gasteiger partial charge in [0.2, 0.25) is 5.91 Å².